The van der Waals surface area contributed by atoms with Crippen LogP contribution in [0.15, 0.2) is 14.7 Å². The number of nitrogens with zero attached hydrogens (tertiary/aromatic N) is 2. The first-order valence-electron chi connectivity index (χ1n) is 6.37. The Labute approximate surface area is 137 Å². The van der Waals surface area contributed by atoms with Crippen molar-refractivity contribution in [2.75, 3.05) is 27.2 Å². The molecule has 0 amide bonds. The summed E-state index contributed by atoms with van der Waals surface area (Å²) < 4.78 is 27.6. The third-order valence-electron chi connectivity index (χ3n) is 3.70. The minimum absolute atomic E-state index is 0.0717. The van der Waals surface area contributed by atoms with Crippen molar-refractivity contribution in [2.24, 2.45) is 0 Å². The lowest BCUT2D eigenvalue weighted by molar-refractivity contribution is 0.197. The normalized spacial score (nSPS) is 18.9. The van der Waals surface area contributed by atoms with Gasteiger partial charge in [-0.05, 0) is 55.0 Å². The zero-order valence-corrected chi connectivity index (χ0v) is 15.4. The maximum Gasteiger partial charge on any atom is 0.245 e. The molecule has 1 saturated heterocycles. The molecular weight excluding hydrogens is 384 g/mol. The summed E-state index contributed by atoms with van der Waals surface area (Å²) in [6.07, 6.45) is 1.74. The van der Waals surface area contributed by atoms with Crippen LogP contribution in [0.1, 0.15) is 17.7 Å². The summed E-state index contributed by atoms with van der Waals surface area (Å²) in [5, 5.41) is 0. The number of sulfonamides is 1. The van der Waals surface area contributed by atoms with Gasteiger partial charge in [0.1, 0.15) is 4.90 Å². The molecule has 0 bridgehead atoms. The van der Waals surface area contributed by atoms with E-state index in [2.05, 4.69) is 27.9 Å². The molecule has 0 saturated carbocycles. The number of hydrogen-bond donors (Lipinski definition) is 0. The molecule has 0 aliphatic carbocycles. The average molecular weight is 402 g/mol. The minimum Gasteiger partial charge on any atom is -0.306 e. The van der Waals surface area contributed by atoms with E-state index in [1.165, 1.54) is 15.6 Å². The highest BCUT2D eigenvalue weighted by Crippen LogP contribution is 2.35. The largest absolute Gasteiger partial charge is 0.306 e. The van der Waals surface area contributed by atoms with E-state index in [0.29, 0.717) is 14.6 Å². The van der Waals surface area contributed by atoms with Gasteiger partial charge in [0.05, 0.1) is 9.67 Å². The predicted molar refractivity (Wildman–Crippen MR) is 87.0 cm³/mol. The first-order valence-corrected chi connectivity index (χ1v) is 9.95. The molecule has 0 radical (unpaired) electrons. The second kappa shape index (κ2) is 6.62. The van der Waals surface area contributed by atoms with E-state index in [-0.39, 0.29) is 6.04 Å². The van der Waals surface area contributed by atoms with Gasteiger partial charge in [0.15, 0.2) is 0 Å². The van der Waals surface area contributed by atoms with Crippen LogP contribution in [0.4, 0.5) is 0 Å². The van der Waals surface area contributed by atoms with Crippen LogP contribution in [0.2, 0.25) is 0 Å². The Balaban J connectivity index is 2.22. The van der Waals surface area contributed by atoms with Crippen molar-refractivity contribution < 1.29 is 8.42 Å². The Morgan fingerprint density at radius 1 is 1.50 bits per heavy atom. The molecule has 1 aliphatic heterocycles. The fourth-order valence-electron chi connectivity index (χ4n) is 2.35. The summed E-state index contributed by atoms with van der Waals surface area (Å²) in [6.45, 7) is 1.87. The first kappa shape index (κ1) is 16.7. The van der Waals surface area contributed by atoms with Crippen LogP contribution < -0.4 is 0 Å². The number of thiophene rings is 1. The average Bonchev–Trinajstić information content (AvgIpc) is 2.81. The van der Waals surface area contributed by atoms with Crippen molar-refractivity contribution in [3.63, 3.8) is 0 Å². The Morgan fingerprint density at radius 2 is 2.10 bits per heavy atom. The lowest BCUT2D eigenvalue weighted by atomic mass is 10.1. The van der Waals surface area contributed by atoms with Gasteiger partial charge in [0.25, 0.3) is 0 Å². The number of halogens is 2. The Bertz CT molecular complexity index is 568. The smallest absolute Gasteiger partial charge is 0.245 e. The lowest BCUT2D eigenvalue weighted by Gasteiger charge is -2.34. The fourth-order valence-corrected chi connectivity index (χ4v) is 6.49. The number of rotatable bonds is 4. The Kier molecular flexibility index (Phi) is 5.53. The number of piperidine rings is 1. The summed E-state index contributed by atoms with van der Waals surface area (Å²) in [7, 11) is 0.283. The molecule has 114 valence electrons. The summed E-state index contributed by atoms with van der Waals surface area (Å²) >= 11 is 10.5. The third-order valence-corrected chi connectivity index (χ3v) is 8.31. The minimum atomic E-state index is -3.46. The highest BCUT2D eigenvalue weighted by atomic mass is 79.9. The van der Waals surface area contributed by atoms with Crippen molar-refractivity contribution in [2.45, 2.75) is 29.7 Å². The quantitative estimate of drug-likeness (QED) is 0.728. The molecule has 8 heteroatoms. The van der Waals surface area contributed by atoms with Crippen LogP contribution >= 0.6 is 38.9 Å². The molecule has 0 unspecified atom stereocenters. The number of likely N-dealkylation sites (tertiary alicyclic amines) is 1. The van der Waals surface area contributed by atoms with Gasteiger partial charge < -0.3 is 4.90 Å². The van der Waals surface area contributed by atoms with Gasteiger partial charge in [-0.15, -0.1) is 22.9 Å². The van der Waals surface area contributed by atoms with E-state index in [1.807, 2.05) is 0 Å². The monoisotopic (exact) mass is 400 g/mol. The SMILES string of the molecule is CN1CCC(N(C)S(=O)(=O)c2cc(CCl)sc2Br)CC1. The summed E-state index contributed by atoms with van der Waals surface area (Å²) in [4.78, 5) is 3.41. The summed E-state index contributed by atoms with van der Waals surface area (Å²) in [6, 6.07) is 1.74. The zero-order valence-electron chi connectivity index (χ0n) is 11.5. The molecule has 0 aromatic carbocycles. The van der Waals surface area contributed by atoms with E-state index >= 15 is 0 Å². The molecule has 1 fully saturated rings. The van der Waals surface area contributed by atoms with Gasteiger partial charge in [0, 0.05) is 18.0 Å². The van der Waals surface area contributed by atoms with E-state index in [1.54, 1.807) is 13.1 Å². The van der Waals surface area contributed by atoms with Crippen molar-refractivity contribution in [3.8, 4) is 0 Å². The second-order valence-corrected chi connectivity index (χ2v) is 9.73. The molecular formula is C12H18BrClN2O2S2. The molecule has 4 nitrogen and oxygen atoms in total. The standard InChI is InChI=1S/C12H18BrClN2O2S2/c1-15-5-3-9(4-6-15)16(2)20(17,18)11-7-10(8-14)19-12(11)13/h7,9H,3-6,8H2,1-2H3. The van der Waals surface area contributed by atoms with E-state index in [0.717, 1.165) is 30.8 Å². The van der Waals surface area contributed by atoms with Crippen LogP contribution in [0.5, 0.6) is 0 Å². The van der Waals surface area contributed by atoms with Crippen molar-refractivity contribution in [1.82, 2.24) is 9.21 Å². The van der Waals surface area contributed by atoms with Crippen LogP contribution in [-0.2, 0) is 15.9 Å². The Morgan fingerprint density at radius 3 is 2.60 bits per heavy atom. The van der Waals surface area contributed by atoms with E-state index in [9.17, 15) is 8.42 Å². The van der Waals surface area contributed by atoms with Gasteiger partial charge >= 0.3 is 0 Å². The third kappa shape index (κ3) is 3.39. The Hall–Kier alpha value is 0.340. The van der Waals surface area contributed by atoms with Crippen LogP contribution in [-0.4, -0.2) is 50.8 Å². The van der Waals surface area contributed by atoms with Gasteiger partial charge in [-0.1, -0.05) is 0 Å². The maximum absolute atomic E-state index is 12.7. The van der Waals surface area contributed by atoms with Gasteiger partial charge in [-0.3, -0.25) is 0 Å². The topological polar surface area (TPSA) is 40.6 Å². The maximum atomic E-state index is 12.7. The van der Waals surface area contributed by atoms with E-state index < -0.39 is 10.0 Å². The second-order valence-electron chi connectivity index (χ2n) is 5.04. The predicted octanol–water partition coefficient (Wildman–Crippen LogP) is 2.96. The molecule has 2 heterocycles. The molecule has 1 aliphatic rings. The van der Waals surface area contributed by atoms with Crippen molar-refractivity contribution in [1.29, 1.82) is 0 Å². The summed E-state index contributed by atoms with van der Waals surface area (Å²) in [5.41, 5.74) is 0. The number of hydrogen-bond acceptors (Lipinski definition) is 4. The highest BCUT2D eigenvalue weighted by Gasteiger charge is 2.32. The summed E-state index contributed by atoms with van der Waals surface area (Å²) in [5.74, 6) is 0.330. The fraction of sp³-hybridized carbons (Fsp3) is 0.667. The lowest BCUT2D eigenvalue weighted by Crippen LogP contribution is -2.44. The molecule has 0 N–H and O–H groups in total. The highest BCUT2D eigenvalue weighted by molar-refractivity contribution is 9.11. The van der Waals surface area contributed by atoms with Gasteiger partial charge in [0.2, 0.25) is 10.0 Å². The molecule has 0 atom stereocenters. The van der Waals surface area contributed by atoms with Gasteiger partial charge in [-0.2, -0.15) is 4.31 Å². The molecule has 2 rings (SSSR count). The van der Waals surface area contributed by atoms with Crippen LogP contribution in [0, 0.1) is 0 Å². The first-order chi connectivity index (χ1) is 9.36. The molecule has 20 heavy (non-hydrogen) atoms. The van der Waals surface area contributed by atoms with Crippen LogP contribution in [0.25, 0.3) is 0 Å². The van der Waals surface area contributed by atoms with Crippen molar-refractivity contribution in [3.05, 3.63) is 14.7 Å². The molecule has 0 spiro atoms. The van der Waals surface area contributed by atoms with Crippen LogP contribution in [0.3, 0.4) is 0 Å². The van der Waals surface area contributed by atoms with Crippen molar-refractivity contribution >= 4 is 48.9 Å². The van der Waals surface area contributed by atoms with Gasteiger partial charge in [-0.25, -0.2) is 8.42 Å². The zero-order chi connectivity index (χ0) is 14.9. The number of alkyl halides is 1. The van der Waals surface area contributed by atoms with E-state index in [4.69, 9.17) is 11.6 Å². The molecule has 1 aromatic rings. The molecule has 1 aromatic heterocycles.